The van der Waals surface area contributed by atoms with E-state index in [1.54, 1.807) is 6.07 Å². The minimum Gasteiger partial charge on any atom is -0.319 e. The Bertz CT molecular complexity index is 1040. The van der Waals surface area contributed by atoms with Crippen LogP contribution in [0.2, 0.25) is 4.34 Å². The summed E-state index contributed by atoms with van der Waals surface area (Å²) in [6.07, 6.45) is 0. The van der Waals surface area contributed by atoms with E-state index in [4.69, 9.17) is 11.6 Å². The first-order chi connectivity index (χ1) is 10.3. The zero-order chi connectivity index (χ0) is 16.1. The van der Waals surface area contributed by atoms with Gasteiger partial charge in [-0.2, -0.15) is 8.42 Å². The fourth-order valence-electron chi connectivity index (χ4n) is 2.24. The van der Waals surface area contributed by atoms with Crippen LogP contribution in [0.1, 0.15) is 11.1 Å². The molecule has 22 heavy (non-hydrogen) atoms. The van der Waals surface area contributed by atoms with Crippen LogP contribution in [-0.4, -0.2) is 13.0 Å². The van der Waals surface area contributed by atoms with Gasteiger partial charge in [0.15, 0.2) is 0 Å². The van der Waals surface area contributed by atoms with E-state index in [-0.39, 0.29) is 4.21 Å². The Morgan fingerprint density at radius 3 is 2.36 bits per heavy atom. The molecule has 2 heterocycles. The summed E-state index contributed by atoms with van der Waals surface area (Å²) in [5.74, 6) is 0. The first-order valence-electron chi connectivity index (χ1n) is 6.41. The van der Waals surface area contributed by atoms with Gasteiger partial charge in [0.05, 0.1) is 14.6 Å². The van der Waals surface area contributed by atoms with Crippen molar-refractivity contribution in [2.24, 2.45) is 11.4 Å². The van der Waals surface area contributed by atoms with Crippen LogP contribution in [0, 0.1) is 13.8 Å². The van der Waals surface area contributed by atoms with Crippen molar-refractivity contribution in [3.63, 3.8) is 0 Å². The number of aryl methyl sites for hydroxylation is 3. The number of rotatable bonds is 2. The molecule has 0 aliphatic heterocycles. The molecule has 3 aromatic rings. The second-order valence-corrected chi connectivity index (χ2v) is 9.47. The summed E-state index contributed by atoms with van der Waals surface area (Å²) in [6.45, 7) is 4.02. The van der Waals surface area contributed by atoms with Crippen LogP contribution in [0.15, 0.2) is 32.9 Å². The van der Waals surface area contributed by atoms with Gasteiger partial charge >= 0.3 is 0 Å². The van der Waals surface area contributed by atoms with Crippen LogP contribution in [0.5, 0.6) is 0 Å². The van der Waals surface area contributed by atoms with E-state index in [0.717, 1.165) is 32.7 Å². The Balaban J connectivity index is 2.29. The number of thiazole rings is 1. The summed E-state index contributed by atoms with van der Waals surface area (Å²) in [4.78, 5) is 0.455. The summed E-state index contributed by atoms with van der Waals surface area (Å²) < 4.78 is 32.3. The topological polar surface area (TPSA) is 51.4 Å². The molecule has 0 unspecified atom stereocenters. The fourth-order valence-corrected chi connectivity index (χ4v) is 6.09. The second kappa shape index (κ2) is 5.49. The van der Waals surface area contributed by atoms with E-state index >= 15 is 0 Å². The van der Waals surface area contributed by atoms with Crippen molar-refractivity contribution >= 4 is 54.5 Å². The van der Waals surface area contributed by atoms with Crippen molar-refractivity contribution < 1.29 is 8.42 Å². The quantitative estimate of drug-likeness (QED) is 0.685. The van der Waals surface area contributed by atoms with Crippen molar-refractivity contribution in [2.75, 3.05) is 0 Å². The molecule has 2 aromatic heterocycles. The van der Waals surface area contributed by atoms with Crippen LogP contribution in [0.4, 0.5) is 0 Å². The molecule has 0 spiro atoms. The molecule has 0 amide bonds. The molecule has 8 heteroatoms. The van der Waals surface area contributed by atoms with E-state index < -0.39 is 10.0 Å². The maximum Gasteiger partial charge on any atom is 0.294 e. The van der Waals surface area contributed by atoms with Crippen molar-refractivity contribution in [1.82, 2.24) is 4.57 Å². The van der Waals surface area contributed by atoms with E-state index in [1.165, 1.54) is 17.4 Å². The van der Waals surface area contributed by atoms with Crippen molar-refractivity contribution in [3.05, 3.63) is 44.5 Å². The van der Waals surface area contributed by atoms with Gasteiger partial charge in [-0.05, 0) is 37.1 Å². The van der Waals surface area contributed by atoms with E-state index in [2.05, 4.69) is 4.40 Å². The van der Waals surface area contributed by atoms with Crippen molar-refractivity contribution in [1.29, 1.82) is 0 Å². The lowest BCUT2D eigenvalue weighted by molar-refractivity contribution is 0.598. The Morgan fingerprint density at radius 1 is 1.09 bits per heavy atom. The first-order valence-corrected chi connectivity index (χ1v) is 9.87. The molecule has 0 fully saturated rings. The summed E-state index contributed by atoms with van der Waals surface area (Å²) in [7, 11) is -1.91. The van der Waals surface area contributed by atoms with Gasteiger partial charge in [-0.15, -0.1) is 15.7 Å². The Labute approximate surface area is 141 Å². The van der Waals surface area contributed by atoms with Gasteiger partial charge < -0.3 is 4.57 Å². The highest BCUT2D eigenvalue weighted by Gasteiger charge is 2.17. The largest absolute Gasteiger partial charge is 0.319 e. The molecule has 0 radical (unpaired) electrons. The third kappa shape index (κ3) is 2.62. The van der Waals surface area contributed by atoms with Gasteiger partial charge in [-0.3, -0.25) is 0 Å². The van der Waals surface area contributed by atoms with E-state index in [9.17, 15) is 8.42 Å². The summed E-state index contributed by atoms with van der Waals surface area (Å²) in [5.41, 5.74) is 3.22. The lowest BCUT2D eigenvalue weighted by Crippen LogP contribution is -2.13. The van der Waals surface area contributed by atoms with E-state index in [1.807, 2.05) is 37.6 Å². The number of fused-ring (bicyclic) bond motifs is 1. The number of nitrogens with zero attached hydrogens (tertiary/aromatic N) is 2. The van der Waals surface area contributed by atoms with Gasteiger partial charge in [-0.25, -0.2) is 0 Å². The van der Waals surface area contributed by atoms with Crippen molar-refractivity contribution in [2.45, 2.75) is 18.1 Å². The summed E-state index contributed by atoms with van der Waals surface area (Å²) >= 11 is 8.21. The Kier molecular flexibility index (Phi) is 3.92. The number of hydrogen-bond donors (Lipinski definition) is 0. The van der Waals surface area contributed by atoms with Gasteiger partial charge in [0.25, 0.3) is 10.0 Å². The zero-order valence-electron chi connectivity index (χ0n) is 12.1. The molecule has 0 saturated heterocycles. The standard InChI is InChI=1S/C14H13ClN2O2S3/c1-8-4-5-9(2)13-12(8)17(3)14(21-13)16-22(18,19)11-7-6-10(15)20-11/h4-7H,1-3H3/b16-14-. The predicted molar refractivity (Wildman–Crippen MR) is 92.3 cm³/mol. The summed E-state index contributed by atoms with van der Waals surface area (Å²) in [5, 5.41) is 0. The first kappa shape index (κ1) is 15.7. The number of sulfonamides is 1. The highest BCUT2D eigenvalue weighted by atomic mass is 35.5. The van der Waals surface area contributed by atoms with Gasteiger partial charge in [0.1, 0.15) is 4.21 Å². The molecular weight excluding hydrogens is 360 g/mol. The maximum absolute atomic E-state index is 12.4. The molecule has 0 N–H and O–H groups in total. The third-order valence-electron chi connectivity index (χ3n) is 3.35. The molecule has 0 atom stereocenters. The predicted octanol–water partition coefficient (Wildman–Crippen LogP) is 3.86. The lowest BCUT2D eigenvalue weighted by Gasteiger charge is -2.01. The van der Waals surface area contributed by atoms with Crippen LogP contribution < -0.4 is 4.80 Å². The number of hydrogen-bond acceptors (Lipinski definition) is 4. The van der Waals surface area contributed by atoms with Crippen LogP contribution in [-0.2, 0) is 17.1 Å². The smallest absolute Gasteiger partial charge is 0.294 e. The fraction of sp³-hybridized carbons (Fsp3) is 0.214. The van der Waals surface area contributed by atoms with Gasteiger partial charge in [-0.1, -0.05) is 35.1 Å². The average Bonchev–Trinajstić information content (AvgIpc) is 3.01. The molecule has 0 aliphatic rings. The number of aromatic nitrogens is 1. The van der Waals surface area contributed by atoms with Crippen LogP contribution in [0.3, 0.4) is 0 Å². The maximum atomic E-state index is 12.4. The van der Waals surface area contributed by atoms with E-state index in [0.29, 0.717) is 9.14 Å². The highest BCUT2D eigenvalue weighted by Crippen LogP contribution is 2.28. The van der Waals surface area contributed by atoms with Gasteiger partial charge in [0.2, 0.25) is 4.80 Å². The SMILES string of the molecule is Cc1ccc(C)c2c1s/c(=N\S(=O)(=O)c1ccc(Cl)s1)n2C. The molecule has 0 aliphatic carbocycles. The molecule has 0 bridgehead atoms. The zero-order valence-corrected chi connectivity index (χ0v) is 15.3. The minimum atomic E-state index is -3.74. The second-order valence-electron chi connectivity index (χ2n) is 4.95. The Hall–Kier alpha value is -1.15. The van der Waals surface area contributed by atoms with Crippen molar-refractivity contribution in [3.8, 4) is 0 Å². The molecule has 0 saturated carbocycles. The minimum absolute atomic E-state index is 0.156. The normalized spacial score (nSPS) is 13.2. The summed E-state index contributed by atoms with van der Waals surface area (Å²) in [6, 6.07) is 7.11. The number of thiophene rings is 1. The van der Waals surface area contributed by atoms with Crippen LogP contribution in [0.25, 0.3) is 10.2 Å². The average molecular weight is 373 g/mol. The highest BCUT2D eigenvalue weighted by molar-refractivity contribution is 7.92. The van der Waals surface area contributed by atoms with Gasteiger partial charge in [0, 0.05) is 7.05 Å². The monoisotopic (exact) mass is 372 g/mol. The molecule has 116 valence electrons. The number of halogens is 1. The molecule has 4 nitrogen and oxygen atoms in total. The molecule has 1 aromatic carbocycles. The molecule has 3 rings (SSSR count). The molecular formula is C14H13ClN2O2S3. The lowest BCUT2D eigenvalue weighted by atomic mass is 10.1. The third-order valence-corrected chi connectivity index (χ3v) is 7.70. The van der Waals surface area contributed by atoms with Crippen LogP contribution >= 0.6 is 34.3 Å². The Morgan fingerprint density at radius 2 is 1.77 bits per heavy atom. The number of benzene rings is 1.